The first kappa shape index (κ1) is 7.41. The van der Waals surface area contributed by atoms with E-state index in [1.54, 1.807) is 0 Å². The number of carbonyl (C=O) groups excluding carboxylic acids is 1. The van der Waals surface area contributed by atoms with Gasteiger partial charge in [-0.05, 0) is 18.4 Å². The molecule has 0 unspecified atom stereocenters. The Bertz CT molecular complexity index is 101. The highest BCUT2D eigenvalue weighted by molar-refractivity contribution is 5.71. The van der Waals surface area contributed by atoms with Crippen LogP contribution in [-0.2, 0) is 4.79 Å². The summed E-state index contributed by atoms with van der Waals surface area (Å²) >= 11 is 0. The molecule has 1 nitrogen and oxygen atoms in total. The van der Waals surface area contributed by atoms with Crippen LogP contribution in [0.1, 0.15) is 20.8 Å². The molecule has 0 radical (unpaired) electrons. The van der Waals surface area contributed by atoms with Crippen molar-refractivity contribution in [3.63, 3.8) is 0 Å². The fraction of sp³-hybridized carbons (Fsp3) is 0.571. The van der Waals surface area contributed by atoms with Gasteiger partial charge in [0.1, 0.15) is 6.29 Å². The van der Waals surface area contributed by atoms with Gasteiger partial charge in [0.05, 0.1) is 0 Å². The van der Waals surface area contributed by atoms with E-state index in [4.69, 9.17) is 0 Å². The Morgan fingerprint density at radius 2 is 2.00 bits per heavy atom. The van der Waals surface area contributed by atoms with Crippen LogP contribution in [0.15, 0.2) is 11.6 Å². The maximum atomic E-state index is 9.97. The summed E-state index contributed by atoms with van der Waals surface area (Å²) in [5.41, 5.74) is 0.819. The van der Waals surface area contributed by atoms with Crippen molar-refractivity contribution in [3.05, 3.63) is 11.6 Å². The van der Waals surface area contributed by atoms with Crippen LogP contribution in [0.3, 0.4) is 0 Å². The van der Waals surface area contributed by atoms with E-state index >= 15 is 0 Å². The molecule has 0 aromatic carbocycles. The van der Waals surface area contributed by atoms with Gasteiger partial charge in [0, 0.05) is 0 Å². The summed E-state index contributed by atoms with van der Waals surface area (Å²) in [6, 6.07) is 0. The number of allylic oxidation sites excluding steroid dienone is 2. The van der Waals surface area contributed by atoms with Crippen LogP contribution >= 0.6 is 0 Å². The summed E-state index contributed by atoms with van der Waals surface area (Å²) in [6.45, 7) is 5.91. The standard InChI is InChI=1S/C7H12O/c1-6(2)4-7(3)5-8/h4-6H,1-3H3. The van der Waals surface area contributed by atoms with Gasteiger partial charge in [-0.15, -0.1) is 0 Å². The Kier molecular flexibility index (Phi) is 3.16. The van der Waals surface area contributed by atoms with E-state index in [2.05, 4.69) is 0 Å². The molecule has 1 heteroatoms. The summed E-state index contributed by atoms with van der Waals surface area (Å²) in [5, 5.41) is 0. The van der Waals surface area contributed by atoms with Crippen molar-refractivity contribution < 1.29 is 4.79 Å². The van der Waals surface area contributed by atoms with E-state index < -0.39 is 0 Å². The second kappa shape index (κ2) is 3.42. The lowest BCUT2D eigenvalue weighted by Crippen LogP contribution is -1.82. The topological polar surface area (TPSA) is 17.1 Å². The van der Waals surface area contributed by atoms with E-state index in [0.717, 1.165) is 11.9 Å². The van der Waals surface area contributed by atoms with Crippen molar-refractivity contribution in [2.24, 2.45) is 5.92 Å². The minimum Gasteiger partial charge on any atom is -0.298 e. The molecule has 0 rings (SSSR count). The van der Waals surface area contributed by atoms with Gasteiger partial charge in [0.2, 0.25) is 0 Å². The van der Waals surface area contributed by atoms with Crippen molar-refractivity contribution in [1.82, 2.24) is 0 Å². The third-order valence-corrected chi connectivity index (χ3v) is 0.782. The molecule has 0 aliphatic rings. The molecule has 0 atom stereocenters. The minimum atomic E-state index is 0.486. The second-order valence-corrected chi connectivity index (χ2v) is 2.27. The first-order chi connectivity index (χ1) is 3.66. The van der Waals surface area contributed by atoms with Crippen molar-refractivity contribution >= 4 is 6.29 Å². The molecule has 0 fully saturated rings. The van der Waals surface area contributed by atoms with Crippen LogP contribution in [0.4, 0.5) is 0 Å². The second-order valence-electron chi connectivity index (χ2n) is 2.27. The van der Waals surface area contributed by atoms with Crippen molar-refractivity contribution in [2.75, 3.05) is 0 Å². The molecule has 0 aromatic heterocycles. The average Bonchev–Trinajstić information content (AvgIpc) is 1.65. The third-order valence-electron chi connectivity index (χ3n) is 0.782. The number of aldehydes is 1. The van der Waals surface area contributed by atoms with Gasteiger partial charge >= 0.3 is 0 Å². The van der Waals surface area contributed by atoms with E-state index in [9.17, 15) is 4.79 Å². The quantitative estimate of drug-likeness (QED) is 0.393. The maximum Gasteiger partial charge on any atom is 0.145 e. The van der Waals surface area contributed by atoms with E-state index in [1.807, 2.05) is 26.8 Å². The number of rotatable bonds is 2. The molecule has 0 saturated heterocycles. The molecule has 0 bridgehead atoms. The lowest BCUT2D eigenvalue weighted by Gasteiger charge is -1.92. The van der Waals surface area contributed by atoms with Crippen molar-refractivity contribution in [1.29, 1.82) is 0 Å². The Balaban J connectivity index is 3.74. The van der Waals surface area contributed by atoms with E-state index in [1.165, 1.54) is 0 Å². The molecule has 46 valence electrons. The van der Waals surface area contributed by atoms with Crippen LogP contribution < -0.4 is 0 Å². The lowest BCUT2D eigenvalue weighted by molar-refractivity contribution is -0.104. The molecular weight excluding hydrogens is 100 g/mol. The molecule has 0 spiro atoms. The average molecular weight is 112 g/mol. The number of hydrogen-bond donors (Lipinski definition) is 0. The van der Waals surface area contributed by atoms with Gasteiger partial charge in [-0.25, -0.2) is 0 Å². The van der Waals surface area contributed by atoms with Gasteiger partial charge in [0.15, 0.2) is 0 Å². The number of carbonyl (C=O) groups is 1. The largest absolute Gasteiger partial charge is 0.298 e. The van der Waals surface area contributed by atoms with E-state index in [0.29, 0.717) is 5.92 Å². The summed E-state index contributed by atoms with van der Waals surface area (Å²) < 4.78 is 0. The van der Waals surface area contributed by atoms with Crippen LogP contribution in [0.5, 0.6) is 0 Å². The molecule has 0 aliphatic carbocycles. The fourth-order valence-electron chi connectivity index (χ4n) is 0.565. The number of hydrogen-bond acceptors (Lipinski definition) is 1. The molecule has 0 saturated carbocycles. The predicted octanol–water partition coefficient (Wildman–Crippen LogP) is 1.79. The maximum absolute atomic E-state index is 9.97. The van der Waals surface area contributed by atoms with Crippen molar-refractivity contribution in [3.8, 4) is 0 Å². The first-order valence-electron chi connectivity index (χ1n) is 2.80. The SMILES string of the molecule is CC(C=O)=CC(C)C. The smallest absolute Gasteiger partial charge is 0.145 e. The van der Waals surface area contributed by atoms with E-state index in [-0.39, 0.29) is 0 Å². The van der Waals surface area contributed by atoms with Crippen LogP contribution in [0.2, 0.25) is 0 Å². The van der Waals surface area contributed by atoms with Crippen molar-refractivity contribution in [2.45, 2.75) is 20.8 Å². The monoisotopic (exact) mass is 112 g/mol. The van der Waals surface area contributed by atoms with Crippen LogP contribution in [0, 0.1) is 5.92 Å². The van der Waals surface area contributed by atoms with Gasteiger partial charge < -0.3 is 0 Å². The molecule has 0 N–H and O–H groups in total. The zero-order chi connectivity index (χ0) is 6.57. The molecule has 8 heavy (non-hydrogen) atoms. The first-order valence-corrected chi connectivity index (χ1v) is 2.80. The molecule has 0 heterocycles. The lowest BCUT2D eigenvalue weighted by atomic mass is 10.1. The summed E-state index contributed by atoms with van der Waals surface area (Å²) in [5.74, 6) is 0.486. The zero-order valence-corrected chi connectivity index (χ0v) is 5.64. The Labute approximate surface area is 50.4 Å². The van der Waals surface area contributed by atoms with Gasteiger partial charge in [0.25, 0.3) is 0 Å². The van der Waals surface area contributed by atoms with Crippen LogP contribution in [-0.4, -0.2) is 6.29 Å². The third kappa shape index (κ3) is 3.59. The summed E-state index contributed by atoms with van der Waals surface area (Å²) in [4.78, 5) is 9.97. The van der Waals surface area contributed by atoms with Gasteiger partial charge in [-0.1, -0.05) is 19.9 Å². The normalized spacial score (nSPS) is 12.2. The zero-order valence-electron chi connectivity index (χ0n) is 5.64. The fourth-order valence-corrected chi connectivity index (χ4v) is 0.565. The molecular formula is C7H12O. The van der Waals surface area contributed by atoms with Gasteiger partial charge in [-0.3, -0.25) is 4.79 Å². The van der Waals surface area contributed by atoms with Crippen LogP contribution in [0.25, 0.3) is 0 Å². The molecule has 0 amide bonds. The highest BCUT2D eigenvalue weighted by Crippen LogP contribution is 1.97. The molecule has 0 aromatic rings. The Morgan fingerprint density at radius 1 is 1.50 bits per heavy atom. The highest BCUT2D eigenvalue weighted by Gasteiger charge is 1.86. The Morgan fingerprint density at radius 3 is 2.12 bits per heavy atom. The van der Waals surface area contributed by atoms with Gasteiger partial charge in [-0.2, -0.15) is 0 Å². The Hall–Kier alpha value is -0.590. The molecule has 0 aliphatic heterocycles. The summed E-state index contributed by atoms with van der Waals surface area (Å²) in [7, 11) is 0. The summed E-state index contributed by atoms with van der Waals surface area (Å²) in [6.07, 6.45) is 2.81. The minimum absolute atomic E-state index is 0.486. The predicted molar refractivity (Wildman–Crippen MR) is 34.7 cm³/mol. The highest BCUT2D eigenvalue weighted by atomic mass is 16.1.